The second-order valence-corrected chi connectivity index (χ2v) is 6.72. The maximum absolute atomic E-state index is 12.1. The van der Waals surface area contributed by atoms with Crippen LogP contribution in [0.4, 0.5) is 0 Å². The minimum Gasteiger partial charge on any atom is -0.477 e. The van der Waals surface area contributed by atoms with E-state index in [0.29, 0.717) is 17.1 Å². The highest BCUT2D eigenvalue weighted by atomic mass is 32.2. The molecule has 1 saturated heterocycles. The van der Waals surface area contributed by atoms with E-state index in [1.807, 2.05) is 0 Å². The summed E-state index contributed by atoms with van der Waals surface area (Å²) in [5.74, 6) is -1.29. The van der Waals surface area contributed by atoms with Crippen LogP contribution in [-0.2, 0) is 23.9 Å². The predicted molar refractivity (Wildman–Crippen MR) is 81.0 cm³/mol. The number of esters is 1. The molecule has 3 N–H and O–H groups in total. The first-order chi connectivity index (χ1) is 10.4. The maximum atomic E-state index is 12.1. The van der Waals surface area contributed by atoms with Crippen molar-refractivity contribution >= 4 is 41.4 Å². The van der Waals surface area contributed by atoms with Crippen LogP contribution < -0.4 is 5.73 Å². The van der Waals surface area contributed by atoms with Gasteiger partial charge in [0.15, 0.2) is 0 Å². The number of carboxylic acids is 1. The molecular weight excluding hydrogens is 332 g/mol. The van der Waals surface area contributed by atoms with E-state index in [9.17, 15) is 19.5 Å². The van der Waals surface area contributed by atoms with Crippen LogP contribution in [0.5, 0.6) is 0 Å². The molecule has 2 atom stereocenters. The quantitative estimate of drug-likeness (QED) is 0.370. The normalized spacial score (nSPS) is 27.3. The van der Waals surface area contributed by atoms with Crippen molar-refractivity contribution in [2.45, 2.75) is 11.1 Å². The Kier molecular flexibility index (Phi) is 5.05. The summed E-state index contributed by atoms with van der Waals surface area (Å²) in [5.41, 5.74) is 4.89. The Morgan fingerprint density at radius 1 is 1.55 bits per heavy atom. The Balaban J connectivity index is 2.16. The molecule has 0 aliphatic carbocycles. The van der Waals surface area contributed by atoms with Crippen LogP contribution in [0.1, 0.15) is 0 Å². The maximum Gasteiger partial charge on any atom is 0.352 e. The lowest BCUT2D eigenvalue weighted by Crippen LogP contribution is -2.78. The first-order valence-electron chi connectivity index (χ1n) is 6.26. The second kappa shape index (κ2) is 6.49. The number of amides is 1. The predicted octanol–water partition coefficient (Wildman–Crippen LogP) is -0.552. The summed E-state index contributed by atoms with van der Waals surface area (Å²) >= 11 is 2.58. The topological polar surface area (TPSA) is 119 Å². The van der Waals surface area contributed by atoms with Gasteiger partial charge in [-0.2, -0.15) is 0 Å². The van der Waals surface area contributed by atoms with Gasteiger partial charge in [0.2, 0.25) is 5.72 Å². The number of aliphatic carboxylic acids is 1. The Morgan fingerprint density at radius 2 is 2.23 bits per heavy atom. The number of nitrogens with zero attached hydrogens (tertiary/aromatic N) is 1. The summed E-state index contributed by atoms with van der Waals surface area (Å²) in [6.45, 7) is 0. The number of nitrogens with two attached hydrogens (primary N) is 1. The summed E-state index contributed by atoms with van der Waals surface area (Å²) in [7, 11) is 2.61. The third-order valence-corrected chi connectivity index (χ3v) is 5.79. The standard InChI is InChI=1S/C12H16N2O6S2/c1-19-7(15)5-21-3-6-4-22-11-12(13,20-2)10(18)14(11)8(6)9(16)17/h11H,3-5,13H2,1-2H3,(H,16,17). The van der Waals surface area contributed by atoms with Crippen LogP contribution in [0.25, 0.3) is 0 Å². The molecule has 122 valence electrons. The summed E-state index contributed by atoms with van der Waals surface area (Å²) in [6, 6.07) is 0. The van der Waals surface area contributed by atoms with E-state index in [1.165, 1.54) is 37.7 Å². The molecule has 0 saturated carbocycles. The monoisotopic (exact) mass is 348 g/mol. The van der Waals surface area contributed by atoms with E-state index in [4.69, 9.17) is 10.5 Å². The van der Waals surface area contributed by atoms with Crippen molar-refractivity contribution in [1.29, 1.82) is 0 Å². The Hall–Kier alpha value is -1.23. The van der Waals surface area contributed by atoms with Gasteiger partial charge in [-0.05, 0) is 5.57 Å². The fourth-order valence-corrected chi connectivity index (χ4v) is 4.62. The molecule has 22 heavy (non-hydrogen) atoms. The van der Waals surface area contributed by atoms with Gasteiger partial charge in [-0.25, -0.2) is 4.79 Å². The third-order valence-electron chi connectivity index (χ3n) is 3.41. The Morgan fingerprint density at radius 3 is 2.77 bits per heavy atom. The summed E-state index contributed by atoms with van der Waals surface area (Å²) < 4.78 is 9.56. The number of methoxy groups -OCH3 is 2. The van der Waals surface area contributed by atoms with Crippen LogP contribution in [-0.4, -0.2) is 70.4 Å². The highest BCUT2D eigenvalue weighted by Crippen LogP contribution is 2.45. The number of carbonyl (C=O) groups is 3. The van der Waals surface area contributed by atoms with Gasteiger partial charge in [0.1, 0.15) is 11.1 Å². The number of thioether (sulfide) groups is 2. The fraction of sp³-hybridized carbons (Fsp3) is 0.583. The highest BCUT2D eigenvalue weighted by Gasteiger charge is 2.63. The molecule has 1 amide bonds. The zero-order valence-electron chi connectivity index (χ0n) is 12.0. The number of ether oxygens (including phenoxy) is 2. The van der Waals surface area contributed by atoms with E-state index in [1.54, 1.807) is 0 Å². The first-order valence-corrected chi connectivity index (χ1v) is 8.46. The molecule has 10 heteroatoms. The van der Waals surface area contributed by atoms with Crippen LogP contribution in [0.2, 0.25) is 0 Å². The van der Waals surface area contributed by atoms with Gasteiger partial charge < -0.3 is 14.6 Å². The molecule has 0 radical (unpaired) electrons. The fourth-order valence-electron chi connectivity index (χ4n) is 2.23. The van der Waals surface area contributed by atoms with Crippen LogP contribution in [0, 0.1) is 0 Å². The Labute approximate surface area is 135 Å². The van der Waals surface area contributed by atoms with Crippen molar-refractivity contribution in [1.82, 2.24) is 4.90 Å². The number of β-lactam (4-membered cyclic amide) rings is 1. The van der Waals surface area contributed by atoms with Gasteiger partial charge >= 0.3 is 11.9 Å². The minimum atomic E-state index is -1.48. The highest BCUT2D eigenvalue weighted by molar-refractivity contribution is 8.01. The van der Waals surface area contributed by atoms with Crippen molar-refractivity contribution in [3.63, 3.8) is 0 Å². The van der Waals surface area contributed by atoms with Crippen LogP contribution >= 0.6 is 23.5 Å². The van der Waals surface area contributed by atoms with E-state index >= 15 is 0 Å². The van der Waals surface area contributed by atoms with Gasteiger partial charge in [0.25, 0.3) is 5.91 Å². The van der Waals surface area contributed by atoms with E-state index < -0.39 is 23.0 Å². The molecule has 2 unspecified atom stereocenters. The molecule has 0 aromatic rings. The van der Waals surface area contributed by atoms with E-state index in [2.05, 4.69) is 4.74 Å². The molecule has 2 aliphatic heterocycles. The van der Waals surface area contributed by atoms with Gasteiger partial charge in [-0.1, -0.05) is 0 Å². The molecule has 0 aromatic heterocycles. The van der Waals surface area contributed by atoms with Gasteiger partial charge in [-0.15, -0.1) is 23.5 Å². The molecular formula is C12H16N2O6S2. The number of carbonyl (C=O) groups excluding carboxylic acids is 2. The van der Waals surface area contributed by atoms with Gasteiger partial charge in [0.05, 0.1) is 12.9 Å². The molecule has 2 rings (SSSR count). The molecule has 0 aromatic carbocycles. The minimum absolute atomic E-state index is 0.0655. The zero-order chi connectivity index (χ0) is 16.5. The van der Waals surface area contributed by atoms with E-state index in [-0.39, 0.29) is 17.4 Å². The lowest BCUT2D eigenvalue weighted by atomic mass is 10.00. The third kappa shape index (κ3) is 2.71. The number of fused-ring (bicyclic) bond motifs is 1. The van der Waals surface area contributed by atoms with Crippen LogP contribution in [0.15, 0.2) is 11.3 Å². The second-order valence-electron chi connectivity index (χ2n) is 4.66. The van der Waals surface area contributed by atoms with Crippen molar-refractivity contribution < 1.29 is 29.0 Å². The molecule has 0 spiro atoms. The zero-order valence-corrected chi connectivity index (χ0v) is 13.7. The molecule has 2 aliphatic rings. The van der Waals surface area contributed by atoms with Crippen molar-refractivity contribution in [2.75, 3.05) is 31.5 Å². The molecule has 1 fully saturated rings. The van der Waals surface area contributed by atoms with Crippen molar-refractivity contribution in [3.05, 3.63) is 11.3 Å². The summed E-state index contributed by atoms with van der Waals surface area (Å²) in [5, 5.41) is 8.85. The van der Waals surface area contributed by atoms with Crippen LogP contribution in [0.3, 0.4) is 0 Å². The SMILES string of the molecule is COC(=O)CSCC1=C(C(=O)O)N2C(=O)C(N)(OC)C2SC1. The number of rotatable bonds is 6. The molecule has 8 nitrogen and oxygen atoms in total. The number of carboxylic acid groups (broad SMARTS) is 1. The summed E-state index contributed by atoms with van der Waals surface area (Å²) in [4.78, 5) is 35.9. The summed E-state index contributed by atoms with van der Waals surface area (Å²) in [6.07, 6.45) is 0. The molecule has 2 heterocycles. The van der Waals surface area contributed by atoms with Crippen molar-refractivity contribution in [2.24, 2.45) is 5.73 Å². The average molecular weight is 348 g/mol. The Bertz CT molecular complexity index is 552. The first kappa shape index (κ1) is 17.1. The number of hydrogen-bond acceptors (Lipinski definition) is 8. The number of hydrogen-bond donors (Lipinski definition) is 2. The van der Waals surface area contributed by atoms with Crippen molar-refractivity contribution in [3.8, 4) is 0 Å². The lowest BCUT2D eigenvalue weighted by molar-refractivity contribution is -0.182. The van der Waals surface area contributed by atoms with E-state index in [0.717, 1.165) is 4.90 Å². The van der Waals surface area contributed by atoms with Gasteiger partial charge in [0, 0.05) is 18.6 Å². The lowest BCUT2D eigenvalue weighted by Gasteiger charge is -2.54. The molecule has 0 bridgehead atoms. The average Bonchev–Trinajstić information content (AvgIpc) is 2.52. The smallest absolute Gasteiger partial charge is 0.352 e. The van der Waals surface area contributed by atoms with Gasteiger partial charge in [-0.3, -0.25) is 20.2 Å². The largest absolute Gasteiger partial charge is 0.477 e.